The third-order valence-electron chi connectivity index (χ3n) is 4.84. The maximum absolute atomic E-state index is 10.9. The Morgan fingerprint density at radius 2 is 1.85 bits per heavy atom. The van der Waals surface area contributed by atoms with Gasteiger partial charge < -0.3 is 9.84 Å². The van der Waals surface area contributed by atoms with Crippen LogP contribution in [0.15, 0.2) is 54.7 Å². The van der Waals surface area contributed by atoms with Crippen molar-refractivity contribution in [1.82, 2.24) is 9.88 Å². The van der Waals surface area contributed by atoms with E-state index in [-0.39, 0.29) is 11.8 Å². The number of phenols is 1. The van der Waals surface area contributed by atoms with E-state index in [1.165, 1.54) is 0 Å². The quantitative estimate of drug-likeness (QED) is 0.789. The average Bonchev–Trinajstić information content (AvgIpc) is 2.71. The number of morpholine rings is 1. The largest absolute Gasteiger partial charge is 0.505 e. The third-order valence-corrected chi connectivity index (χ3v) is 4.84. The number of benzene rings is 2. The summed E-state index contributed by atoms with van der Waals surface area (Å²) in [5.74, 6) is 0.212. The van der Waals surface area contributed by atoms with Crippen LogP contribution in [0.4, 0.5) is 0 Å². The summed E-state index contributed by atoms with van der Waals surface area (Å²) in [7, 11) is 0. The lowest BCUT2D eigenvalue weighted by molar-refractivity contribution is 0.0236. The molecule has 1 aliphatic rings. The fourth-order valence-electron chi connectivity index (χ4n) is 3.53. The van der Waals surface area contributed by atoms with E-state index in [2.05, 4.69) is 16.0 Å². The average molecular weight is 345 g/mol. The summed E-state index contributed by atoms with van der Waals surface area (Å²) in [6.45, 7) is 2.90. The molecule has 0 saturated carbocycles. The number of hydrogen-bond acceptors (Lipinski definition) is 5. The molecule has 1 saturated heterocycles. The van der Waals surface area contributed by atoms with Crippen LogP contribution in [-0.2, 0) is 4.74 Å². The van der Waals surface area contributed by atoms with Crippen molar-refractivity contribution < 1.29 is 9.84 Å². The van der Waals surface area contributed by atoms with Gasteiger partial charge in [0.25, 0.3) is 0 Å². The molecule has 4 rings (SSSR count). The fourth-order valence-corrected chi connectivity index (χ4v) is 3.53. The summed E-state index contributed by atoms with van der Waals surface area (Å²) < 4.78 is 5.50. The molecule has 2 aromatic carbocycles. The first kappa shape index (κ1) is 16.5. The predicted molar refractivity (Wildman–Crippen MR) is 98.8 cm³/mol. The molecule has 3 aromatic rings. The monoisotopic (exact) mass is 345 g/mol. The number of pyridine rings is 1. The van der Waals surface area contributed by atoms with Crippen LogP contribution in [0.1, 0.15) is 22.7 Å². The summed E-state index contributed by atoms with van der Waals surface area (Å²) >= 11 is 0. The van der Waals surface area contributed by atoms with E-state index < -0.39 is 0 Å². The molecule has 2 heterocycles. The summed E-state index contributed by atoms with van der Waals surface area (Å²) in [4.78, 5) is 6.65. The molecule has 0 spiro atoms. The molecule has 5 nitrogen and oxygen atoms in total. The second-order valence-corrected chi connectivity index (χ2v) is 6.36. The summed E-state index contributed by atoms with van der Waals surface area (Å²) in [5.41, 5.74) is 3.09. The van der Waals surface area contributed by atoms with Crippen molar-refractivity contribution in [2.45, 2.75) is 6.04 Å². The van der Waals surface area contributed by atoms with Crippen LogP contribution in [0, 0.1) is 11.3 Å². The maximum Gasteiger partial charge on any atom is 0.146 e. The molecule has 1 unspecified atom stereocenters. The van der Waals surface area contributed by atoms with E-state index in [4.69, 9.17) is 10.00 Å². The summed E-state index contributed by atoms with van der Waals surface area (Å²) in [5, 5.41) is 20.9. The van der Waals surface area contributed by atoms with E-state index >= 15 is 0 Å². The minimum atomic E-state index is -0.113. The molecule has 0 bridgehead atoms. The molecule has 1 fully saturated rings. The standard InChI is InChI=1S/C21H19N3O2/c22-14-15-3-5-17(6-4-15)20(24-10-12-26-13-11-24)18-8-7-16-2-1-9-23-19(16)21(18)25/h1-9,20,25H,10-13H2. The zero-order valence-corrected chi connectivity index (χ0v) is 14.3. The number of phenolic OH excluding ortho intramolecular Hbond substituents is 1. The lowest BCUT2D eigenvalue weighted by Crippen LogP contribution is -2.39. The van der Waals surface area contributed by atoms with Crippen LogP contribution in [-0.4, -0.2) is 41.3 Å². The molecule has 130 valence electrons. The van der Waals surface area contributed by atoms with E-state index in [0.717, 1.165) is 29.6 Å². The van der Waals surface area contributed by atoms with Gasteiger partial charge >= 0.3 is 0 Å². The molecule has 1 aliphatic heterocycles. The fraction of sp³-hybridized carbons (Fsp3) is 0.238. The van der Waals surface area contributed by atoms with Crippen LogP contribution in [0.3, 0.4) is 0 Å². The lowest BCUT2D eigenvalue weighted by Gasteiger charge is -2.35. The van der Waals surface area contributed by atoms with Gasteiger partial charge in [-0.05, 0) is 23.8 Å². The van der Waals surface area contributed by atoms with Gasteiger partial charge in [0.2, 0.25) is 0 Å². The van der Waals surface area contributed by atoms with Crippen LogP contribution >= 0.6 is 0 Å². The number of nitriles is 1. The van der Waals surface area contributed by atoms with Crippen molar-refractivity contribution >= 4 is 10.9 Å². The topological polar surface area (TPSA) is 69.4 Å². The van der Waals surface area contributed by atoms with Crippen molar-refractivity contribution in [3.63, 3.8) is 0 Å². The van der Waals surface area contributed by atoms with Crippen LogP contribution < -0.4 is 0 Å². The number of aromatic nitrogens is 1. The van der Waals surface area contributed by atoms with Crippen LogP contribution in [0.5, 0.6) is 5.75 Å². The van der Waals surface area contributed by atoms with E-state index in [9.17, 15) is 5.11 Å². The predicted octanol–water partition coefficient (Wildman–Crippen LogP) is 3.23. The third kappa shape index (κ3) is 3.01. The van der Waals surface area contributed by atoms with Crippen molar-refractivity contribution in [2.75, 3.05) is 26.3 Å². The van der Waals surface area contributed by atoms with E-state index in [1.54, 1.807) is 6.20 Å². The highest BCUT2D eigenvalue weighted by Gasteiger charge is 2.27. The van der Waals surface area contributed by atoms with Crippen molar-refractivity contribution in [2.24, 2.45) is 0 Å². The van der Waals surface area contributed by atoms with E-state index in [1.807, 2.05) is 48.5 Å². The molecule has 5 heteroatoms. The summed E-state index contributed by atoms with van der Waals surface area (Å²) in [6.07, 6.45) is 1.69. The molecule has 0 amide bonds. The highest BCUT2D eigenvalue weighted by atomic mass is 16.5. The first-order chi connectivity index (χ1) is 12.8. The van der Waals surface area contributed by atoms with Gasteiger partial charge in [0, 0.05) is 30.2 Å². The molecule has 1 aromatic heterocycles. The highest BCUT2D eigenvalue weighted by molar-refractivity contribution is 5.85. The molecule has 1 N–H and O–H groups in total. The molecule has 0 aliphatic carbocycles. The second kappa shape index (κ2) is 7.12. The Morgan fingerprint density at radius 1 is 1.08 bits per heavy atom. The van der Waals surface area contributed by atoms with Crippen molar-refractivity contribution in [3.05, 3.63) is 71.4 Å². The molecule has 26 heavy (non-hydrogen) atoms. The first-order valence-corrected chi connectivity index (χ1v) is 8.66. The minimum absolute atomic E-state index is 0.113. The molecule has 0 radical (unpaired) electrons. The van der Waals surface area contributed by atoms with Crippen molar-refractivity contribution in [1.29, 1.82) is 5.26 Å². The van der Waals surface area contributed by atoms with Crippen molar-refractivity contribution in [3.8, 4) is 11.8 Å². The Labute approximate surface area is 152 Å². The molecular weight excluding hydrogens is 326 g/mol. The number of fused-ring (bicyclic) bond motifs is 1. The number of aromatic hydroxyl groups is 1. The van der Waals surface area contributed by atoms with Gasteiger partial charge in [0.15, 0.2) is 0 Å². The van der Waals surface area contributed by atoms with Crippen LogP contribution in [0.25, 0.3) is 10.9 Å². The Hall–Kier alpha value is -2.94. The van der Waals surface area contributed by atoms with Gasteiger partial charge in [-0.15, -0.1) is 0 Å². The second-order valence-electron chi connectivity index (χ2n) is 6.36. The van der Waals surface area contributed by atoms with Gasteiger partial charge in [-0.25, -0.2) is 0 Å². The van der Waals surface area contributed by atoms with Gasteiger partial charge in [-0.1, -0.05) is 30.3 Å². The number of ether oxygens (including phenoxy) is 1. The Morgan fingerprint density at radius 3 is 2.58 bits per heavy atom. The molecular formula is C21H19N3O2. The lowest BCUT2D eigenvalue weighted by atomic mass is 9.94. The normalized spacial score (nSPS) is 16.3. The van der Waals surface area contributed by atoms with Gasteiger partial charge in [-0.2, -0.15) is 5.26 Å². The summed E-state index contributed by atoms with van der Waals surface area (Å²) in [6, 6.07) is 17.4. The first-order valence-electron chi connectivity index (χ1n) is 8.66. The molecule has 1 atom stereocenters. The zero-order chi connectivity index (χ0) is 17.9. The highest BCUT2D eigenvalue weighted by Crippen LogP contribution is 2.38. The van der Waals surface area contributed by atoms with Gasteiger partial charge in [0.1, 0.15) is 11.3 Å². The Balaban J connectivity index is 1.84. The van der Waals surface area contributed by atoms with Gasteiger partial charge in [0.05, 0.1) is 30.9 Å². The minimum Gasteiger partial charge on any atom is -0.505 e. The van der Waals surface area contributed by atoms with E-state index in [0.29, 0.717) is 24.3 Å². The smallest absolute Gasteiger partial charge is 0.146 e. The Bertz CT molecular complexity index is 957. The van der Waals surface area contributed by atoms with Crippen LogP contribution in [0.2, 0.25) is 0 Å². The number of rotatable bonds is 3. The van der Waals surface area contributed by atoms with Gasteiger partial charge in [-0.3, -0.25) is 9.88 Å². The number of nitrogens with zero attached hydrogens (tertiary/aromatic N) is 3. The maximum atomic E-state index is 10.9. The number of hydrogen-bond donors (Lipinski definition) is 1. The Kier molecular flexibility index (Phi) is 4.53. The zero-order valence-electron chi connectivity index (χ0n) is 14.3. The SMILES string of the molecule is N#Cc1ccc(C(c2ccc3cccnc3c2O)N2CCOCC2)cc1.